The molecule has 1 aliphatic rings. The van der Waals surface area contributed by atoms with E-state index >= 15 is 0 Å². The van der Waals surface area contributed by atoms with Crippen molar-refractivity contribution in [3.63, 3.8) is 0 Å². The second-order valence-corrected chi connectivity index (χ2v) is 16.5. The summed E-state index contributed by atoms with van der Waals surface area (Å²) >= 11 is 0. The van der Waals surface area contributed by atoms with Gasteiger partial charge < -0.3 is 14.0 Å². The van der Waals surface area contributed by atoms with Crippen molar-refractivity contribution in [2.75, 3.05) is 14.7 Å². The standard InChI is InChI=1S/C59H40N6/c1-2-15-41(16-3-1)61-46-17-12-19-48(39-46)62(42-31-35-44(36-32-42)64-54-25-8-4-21-50(54)51-22-5-9-26-55(51)64)58-29-14-30-59(60-58)63(49-20-13-18-47(61)40-49)43-33-37-45(38-34-43)65-56-27-10-6-23-52(56)53-24-7-11-28-57(53)65/h1-40H. The van der Waals surface area contributed by atoms with E-state index in [0.717, 1.165) is 62.8 Å². The largest absolute Gasteiger partial charge is 0.310 e. The maximum atomic E-state index is 5.54. The summed E-state index contributed by atoms with van der Waals surface area (Å²) in [6.45, 7) is 0. The summed E-state index contributed by atoms with van der Waals surface area (Å²) in [7, 11) is 0. The molecule has 6 heteroatoms. The Morgan fingerprint density at radius 1 is 0.215 bits per heavy atom. The second kappa shape index (κ2) is 14.9. The third kappa shape index (κ3) is 5.99. The quantitative estimate of drug-likeness (QED) is 0.173. The predicted octanol–water partition coefficient (Wildman–Crippen LogP) is 16.0. The number of rotatable bonds is 5. The van der Waals surface area contributed by atoms with Crippen LogP contribution < -0.4 is 14.7 Å². The summed E-state index contributed by atoms with van der Waals surface area (Å²) in [4.78, 5) is 12.4. The Bertz CT molecular complexity index is 3410. The second-order valence-electron chi connectivity index (χ2n) is 16.5. The van der Waals surface area contributed by atoms with Crippen LogP contribution in [0.15, 0.2) is 243 Å². The molecule has 0 saturated heterocycles. The fourth-order valence-corrected chi connectivity index (χ4v) is 9.96. The monoisotopic (exact) mass is 832 g/mol. The predicted molar refractivity (Wildman–Crippen MR) is 271 cm³/mol. The zero-order valence-electron chi connectivity index (χ0n) is 35.3. The minimum Gasteiger partial charge on any atom is -0.310 e. The van der Waals surface area contributed by atoms with Gasteiger partial charge in [-0.2, -0.15) is 0 Å². The van der Waals surface area contributed by atoms with E-state index in [1.807, 2.05) is 0 Å². The molecule has 0 aliphatic carbocycles. The molecule has 9 aromatic carbocycles. The normalized spacial score (nSPS) is 12.5. The first-order valence-electron chi connectivity index (χ1n) is 22.1. The highest BCUT2D eigenvalue weighted by Crippen LogP contribution is 2.45. The molecule has 0 N–H and O–H groups in total. The van der Waals surface area contributed by atoms with Crippen LogP contribution in [0.2, 0.25) is 0 Å². The van der Waals surface area contributed by atoms with Crippen LogP contribution in [0.5, 0.6) is 0 Å². The maximum Gasteiger partial charge on any atom is 0.140 e. The third-order valence-corrected chi connectivity index (χ3v) is 12.8. The minimum atomic E-state index is 0.805. The molecule has 12 aromatic rings. The van der Waals surface area contributed by atoms with Gasteiger partial charge in [-0.3, -0.25) is 9.80 Å². The minimum absolute atomic E-state index is 0.805. The first-order chi connectivity index (χ1) is 32.2. The smallest absolute Gasteiger partial charge is 0.140 e. The lowest BCUT2D eigenvalue weighted by molar-refractivity contribution is 1.12. The van der Waals surface area contributed by atoms with Crippen LogP contribution in [0.25, 0.3) is 55.0 Å². The Hall–Kier alpha value is -8.87. The van der Waals surface area contributed by atoms with Gasteiger partial charge >= 0.3 is 0 Å². The average molecular weight is 833 g/mol. The van der Waals surface area contributed by atoms with Crippen molar-refractivity contribution in [1.29, 1.82) is 0 Å². The van der Waals surface area contributed by atoms with Crippen LogP contribution in [-0.4, -0.2) is 14.1 Å². The molecule has 0 unspecified atom stereocenters. The van der Waals surface area contributed by atoms with Crippen molar-refractivity contribution in [2.24, 2.45) is 0 Å². The number of nitrogens with zero attached hydrogens (tertiary/aromatic N) is 6. The van der Waals surface area contributed by atoms with Crippen molar-refractivity contribution >= 4 is 95.1 Å². The average Bonchev–Trinajstić information content (AvgIpc) is 3.89. The molecule has 0 saturated carbocycles. The van der Waals surface area contributed by atoms with E-state index < -0.39 is 0 Å². The van der Waals surface area contributed by atoms with Gasteiger partial charge in [0.05, 0.1) is 22.1 Å². The molecule has 6 nitrogen and oxygen atoms in total. The first kappa shape index (κ1) is 36.8. The highest BCUT2D eigenvalue weighted by Gasteiger charge is 2.24. The Balaban J connectivity index is 0.988. The summed E-state index contributed by atoms with van der Waals surface area (Å²) in [6, 6.07) is 86.9. The van der Waals surface area contributed by atoms with E-state index in [0.29, 0.717) is 0 Å². The van der Waals surface area contributed by atoms with Gasteiger partial charge in [0.25, 0.3) is 0 Å². The Labute approximate surface area is 376 Å². The zero-order chi connectivity index (χ0) is 42.8. The molecule has 65 heavy (non-hydrogen) atoms. The Morgan fingerprint density at radius 3 is 0.908 bits per heavy atom. The lowest BCUT2D eigenvalue weighted by Gasteiger charge is -2.32. The number of aromatic nitrogens is 3. The number of para-hydroxylation sites is 5. The number of pyridine rings is 1. The molecule has 4 heterocycles. The summed E-state index contributed by atoms with van der Waals surface area (Å²) in [5.41, 5.74) is 14.1. The lowest BCUT2D eigenvalue weighted by atomic mass is 10.1. The number of anilines is 9. The molecule has 3 aromatic heterocycles. The Kier molecular flexibility index (Phi) is 8.42. The number of hydrogen-bond acceptors (Lipinski definition) is 4. The summed E-state index contributed by atoms with van der Waals surface area (Å²) in [5, 5.41) is 4.97. The first-order valence-corrected chi connectivity index (χ1v) is 22.1. The van der Waals surface area contributed by atoms with Crippen LogP contribution in [0.4, 0.5) is 51.4 Å². The molecule has 0 amide bonds. The molecule has 1 aliphatic heterocycles. The van der Waals surface area contributed by atoms with Crippen molar-refractivity contribution in [2.45, 2.75) is 0 Å². The van der Waals surface area contributed by atoms with Gasteiger partial charge in [0.2, 0.25) is 0 Å². The van der Waals surface area contributed by atoms with E-state index in [-0.39, 0.29) is 0 Å². The highest BCUT2D eigenvalue weighted by atomic mass is 15.3. The Morgan fingerprint density at radius 2 is 0.508 bits per heavy atom. The van der Waals surface area contributed by atoms with Gasteiger partial charge in [0.15, 0.2) is 0 Å². The third-order valence-electron chi connectivity index (χ3n) is 12.8. The zero-order valence-corrected chi connectivity index (χ0v) is 35.3. The number of hydrogen-bond donors (Lipinski definition) is 0. The molecule has 13 rings (SSSR count). The van der Waals surface area contributed by atoms with Crippen LogP contribution >= 0.6 is 0 Å². The van der Waals surface area contributed by atoms with Crippen molar-refractivity contribution in [3.8, 4) is 11.4 Å². The van der Waals surface area contributed by atoms with Crippen LogP contribution in [0.3, 0.4) is 0 Å². The summed E-state index contributed by atoms with van der Waals surface area (Å²) in [6.07, 6.45) is 0. The van der Waals surface area contributed by atoms with E-state index in [1.165, 1.54) is 43.6 Å². The maximum absolute atomic E-state index is 5.54. The fraction of sp³-hybridized carbons (Fsp3) is 0. The molecule has 6 bridgehead atoms. The molecule has 0 atom stereocenters. The van der Waals surface area contributed by atoms with Gasteiger partial charge in [0.1, 0.15) is 11.6 Å². The summed E-state index contributed by atoms with van der Waals surface area (Å²) in [5.74, 6) is 1.61. The van der Waals surface area contributed by atoms with Crippen LogP contribution in [0.1, 0.15) is 0 Å². The van der Waals surface area contributed by atoms with Crippen LogP contribution in [0, 0.1) is 0 Å². The molecule has 0 radical (unpaired) electrons. The van der Waals surface area contributed by atoms with Crippen molar-refractivity contribution in [3.05, 3.63) is 243 Å². The van der Waals surface area contributed by atoms with Crippen LogP contribution in [-0.2, 0) is 0 Å². The molecular weight excluding hydrogens is 793 g/mol. The van der Waals surface area contributed by atoms with E-state index in [2.05, 4.69) is 266 Å². The molecule has 0 fully saturated rings. The summed E-state index contributed by atoms with van der Waals surface area (Å²) < 4.78 is 4.72. The number of fused-ring (bicyclic) bond motifs is 12. The lowest BCUT2D eigenvalue weighted by Crippen LogP contribution is -2.18. The van der Waals surface area contributed by atoms with Gasteiger partial charge in [-0.25, -0.2) is 4.98 Å². The fourth-order valence-electron chi connectivity index (χ4n) is 9.96. The van der Waals surface area contributed by atoms with E-state index in [4.69, 9.17) is 4.98 Å². The van der Waals surface area contributed by atoms with Crippen molar-refractivity contribution < 1.29 is 0 Å². The van der Waals surface area contributed by atoms with Gasteiger partial charge in [-0.1, -0.05) is 109 Å². The number of benzene rings is 9. The molecule has 306 valence electrons. The highest BCUT2D eigenvalue weighted by molar-refractivity contribution is 6.10. The SMILES string of the molecule is c1ccc(N2c3cccc(c3)N(c3ccc(-n4c5ccccc5c5ccccc54)cc3)c3cccc(n3)N(c3ccc(-n4c5ccccc5c5ccccc54)cc3)c3cccc2c3)cc1. The topological polar surface area (TPSA) is 32.5 Å². The van der Waals surface area contributed by atoms with Gasteiger partial charge in [-0.05, 0) is 133 Å². The van der Waals surface area contributed by atoms with Gasteiger partial charge in [0, 0.05) is 72.7 Å². The molecular formula is C59H40N6. The van der Waals surface area contributed by atoms with Crippen molar-refractivity contribution in [1.82, 2.24) is 14.1 Å². The van der Waals surface area contributed by atoms with E-state index in [9.17, 15) is 0 Å². The van der Waals surface area contributed by atoms with E-state index in [1.54, 1.807) is 0 Å². The van der Waals surface area contributed by atoms with Gasteiger partial charge in [-0.15, -0.1) is 0 Å². The molecule has 0 spiro atoms.